The zero-order chi connectivity index (χ0) is 12.4. The second-order valence-electron chi connectivity index (χ2n) is 3.53. The number of nitrogens with one attached hydrogen (secondary N) is 1. The van der Waals surface area contributed by atoms with Crippen LogP contribution in [0, 0.1) is 9.39 Å². The molecule has 1 N–H and O–H groups in total. The van der Waals surface area contributed by atoms with Gasteiger partial charge in [-0.25, -0.2) is 4.39 Å². The molecule has 17 heavy (non-hydrogen) atoms. The van der Waals surface area contributed by atoms with Crippen LogP contribution in [0.4, 0.5) is 4.39 Å². The minimum absolute atomic E-state index is 0.110. The summed E-state index contributed by atoms with van der Waals surface area (Å²) in [5.74, 6) is -0.194. The Morgan fingerprint density at radius 1 is 1.35 bits per heavy atom. The van der Waals surface area contributed by atoms with Crippen LogP contribution < -0.4 is 5.32 Å². The molecule has 0 fully saturated rings. The SMILES string of the molecule is CNC(c1ccc(Br)s1)c1ccc(F)cc1I. The van der Waals surface area contributed by atoms with Crippen LogP contribution in [0.15, 0.2) is 34.1 Å². The third-order valence-electron chi connectivity index (χ3n) is 2.44. The molecule has 2 rings (SSSR count). The number of halogens is 3. The van der Waals surface area contributed by atoms with E-state index < -0.39 is 0 Å². The molecule has 1 aromatic carbocycles. The van der Waals surface area contributed by atoms with E-state index in [1.807, 2.05) is 19.2 Å². The Morgan fingerprint density at radius 3 is 2.65 bits per heavy atom. The lowest BCUT2D eigenvalue weighted by Crippen LogP contribution is -2.17. The van der Waals surface area contributed by atoms with Crippen molar-refractivity contribution in [3.05, 3.63) is 53.9 Å². The molecule has 0 saturated carbocycles. The Labute approximate surface area is 126 Å². The molecule has 90 valence electrons. The first-order chi connectivity index (χ1) is 8.11. The van der Waals surface area contributed by atoms with Gasteiger partial charge in [0.25, 0.3) is 0 Å². The summed E-state index contributed by atoms with van der Waals surface area (Å²) >= 11 is 7.32. The molecule has 0 aliphatic rings. The van der Waals surface area contributed by atoms with Crippen molar-refractivity contribution in [2.75, 3.05) is 7.05 Å². The lowest BCUT2D eigenvalue weighted by molar-refractivity contribution is 0.622. The molecule has 0 aliphatic heterocycles. The van der Waals surface area contributed by atoms with E-state index in [4.69, 9.17) is 0 Å². The molecule has 1 unspecified atom stereocenters. The van der Waals surface area contributed by atoms with E-state index in [0.717, 1.165) is 12.9 Å². The van der Waals surface area contributed by atoms with Gasteiger partial charge >= 0.3 is 0 Å². The van der Waals surface area contributed by atoms with Crippen LogP contribution >= 0.6 is 49.9 Å². The normalized spacial score (nSPS) is 12.7. The number of rotatable bonds is 3. The number of benzene rings is 1. The van der Waals surface area contributed by atoms with Crippen molar-refractivity contribution in [1.82, 2.24) is 5.32 Å². The molecule has 0 radical (unpaired) electrons. The maximum atomic E-state index is 13.1. The average Bonchev–Trinajstić information content (AvgIpc) is 2.69. The van der Waals surface area contributed by atoms with Gasteiger partial charge in [0.15, 0.2) is 0 Å². The maximum absolute atomic E-state index is 13.1. The van der Waals surface area contributed by atoms with E-state index in [2.05, 4.69) is 49.9 Å². The number of hydrogen-bond acceptors (Lipinski definition) is 2. The van der Waals surface area contributed by atoms with Crippen LogP contribution in [0.1, 0.15) is 16.5 Å². The first-order valence-electron chi connectivity index (χ1n) is 4.99. The third kappa shape index (κ3) is 3.07. The van der Waals surface area contributed by atoms with Crippen LogP contribution in [-0.2, 0) is 0 Å². The standard InChI is InChI=1S/C12H10BrFINS/c1-16-12(10-4-5-11(13)17-10)8-3-2-7(14)6-9(8)15/h2-6,12,16H,1H3. The van der Waals surface area contributed by atoms with E-state index >= 15 is 0 Å². The topological polar surface area (TPSA) is 12.0 Å². The van der Waals surface area contributed by atoms with Gasteiger partial charge in [-0.05, 0) is 75.4 Å². The van der Waals surface area contributed by atoms with E-state index in [0.29, 0.717) is 0 Å². The molecule has 0 spiro atoms. The van der Waals surface area contributed by atoms with Gasteiger partial charge in [0.1, 0.15) is 5.82 Å². The second-order valence-corrected chi connectivity index (χ2v) is 7.19. The van der Waals surface area contributed by atoms with E-state index in [9.17, 15) is 4.39 Å². The zero-order valence-corrected chi connectivity index (χ0v) is 13.6. The van der Waals surface area contributed by atoms with Gasteiger partial charge in [-0.15, -0.1) is 11.3 Å². The van der Waals surface area contributed by atoms with Crippen molar-refractivity contribution in [3.8, 4) is 0 Å². The number of thiophene rings is 1. The summed E-state index contributed by atoms with van der Waals surface area (Å²) in [4.78, 5) is 1.21. The Balaban J connectivity index is 2.42. The fourth-order valence-corrected chi connectivity index (χ4v) is 4.01. The fourth-order valence-electron chi connectivity index (χ4n) is 1.67. The summed E-state index contributed by atoms with van der Waals surface area (Å²) < 4.78 is 15.1. The van der Waals surface area contributed by atoms with Gasteiger partial charge in [0.05, 0.1) is 9.83 Å². The Bertz CT molecular complexity index is 529. The fraction of sp³-hybridized carbons (Fsp3) is 0.167. The Kier molecular flexibility index (Phi) is 4.57. The maximum Gasteiger partial charge on any atom is 0.124 e. The largest absolute Gasteiger partial charge is 0.309 e. The van der Waals surface area contributed by atoms with Crippen LogP contribution in [0.3, 0.4) is 0 Å². The quantitative estimate of drug-likeness (QED) is 0.710. The van der Waals surface area contributed by atoms with Crippen LogP contribution in [0.5, 0.6) is 0 Å². The highest BCUT2D eigenvalue weighted by Gasteiger charge is 2.16. The molecule has 5 heteroatoms. The highest BCUT2D eigenvalue weighted by molar-refractivity contribution is 14.1. The van der Waals surface area contributed by atoms with Crippen molar-refractivity contribution in [3.63, 3.8) is 0 Å². The summed E-state index contributed by atoms with van der Waals surface area (Å²) in [7, 11) is 1.91. The highest BCUT2D eigenvalue weighted by Crippen LogP contribution is 2.33. The third-order valence-corrected chi connectivity index (χ3v) is 5.06. The molecule has 0 saturated heterocycles. The second kappa shape index (κ2) is 5.77. The predicted molar refractivity (Wildman–Crippen MR) is 82.0 cm³/mol. The molecular formula is C12H10BrFINS. The smallest absolute Gasteiger partial charge is 0.124 e. The first kappa shape index (κ1) is 13.5. The summed E-state index contributed by atoms with van der Waals surface area (Å²) in [6.07, 6.45) is 0. The van der Waals surface area contributed by atoms with E-state index in [1.165, 1.54) is 10.9 Å². The van der Waals surface area contributed by atoms with Crippen molar-refractivity contribution < 1.29 is 4.39 Å². The predicted octanol–water partition coefficient (Wildman–Crippen LogP) is 4.56. The summed E-state index contributed by atoms with van der Waals surface area (Å²) in [5, 5.41) is 3.27. The van der Waals surface area contributed by atoms with Gasteiger partial charge in [-0.1, -0.05) is 6.07 Å². The monoisotopic (exact) mass is 425 g/mol. The summed E-state index contributed by atoms with van der Waals surface area (Å²) in [6, 6.07) is 9.12. The van der Waals surface area contributed by atoms with Crippen molar-refractivity contribution >= 4 is 49.9 Å². The van der Waals surface area contributed by atoms with Crippen molar-refractivity contribution in [1.29, 1.82) is 0 Å². The average molecular weight is 426 g/mol. The highest BCUT2D eigenvalue weighted by atomic mass is 127. The van der Waals surface area contributed by atoms with E-state index in [1.54, 1.807) is 17.4 Å². The molecule has 1 atom stereocenters. The molecule has 1 nitrogen and oxygen atoms in total. The minimum Gasteiger partial charge on any atom is -0.309 e. The van der Waals surface area contributed by atoms with Gasteiger partial charge in [-0.2, -0.15) is 0 Å². The minimum atomic E-state index is -0.194. The summed E-state index contributed by atoms with van der Waals surface area (Å²) in [5.41, 5.74) is 1.10. The summed E-state index contributed by atoms with van der Waals surface area (Å²) in [6.45, 7) is 0. The van der Waals surface area contributed by atoms with Gasteiger partial charge in [0.2, 0.25) is 0 Å². The molecule has 1 aromatic heterocycles. The molecule has 2 aromatic rings. The lowest BCUT2D eigenvalue weighted by atomic mass is 10.1. The molecule has 1 heterocycles. The first-order valence-corrected chi connectivity index (χ1v) is 7.68. The molecule has 0 aliphatic carbocycles. The van der Waals surface area contributed by atoms with Crippen LogP contribution in [0.2, 0.25) is 0 Å². The van der Waals surface area contributed by atoms with Crippen LogP contribution in [0.25, 0.3) is 0 Å². The van der Waals surface area contributed by atoms with Gasteiger partial charge in [0, 0.05) is 8.45 Å². The molecular weight excluding hydrogens is 416 g/mol. The Morgan fingerprint density at radius 2 is 2.12 bits per heavy atom. The Hall–Kier alpha value is 0.0200. The molecule has 0 bridgehead atoms. The van der Waals surface area contributed by atoms with Gasteiger partial charge < -0.3 is 5.32 Å². The lowest BCUT2D eigenvalue weighted by Gasteiger charge is -2.16. The van der Waals surface area contributed by atoms with Gasteiger partial charge in [-0.3, -0.25) is 0 Å². The zero-order valence-electron chi connectivity index (χ0n) is 9.01. The van der Waals surface area contributed by atoms with Crippen molar-refractivity contribution in [2.45, 2.75) is 6.04 Å². The van der Waals surface area contributed by atoms with Crippen LogP contribution in [-0.4, -0.2) is 7.05 Å². The van der Waals surface area contributed by atoms with Crippen molar-refractivity contribution in [2.24, 2.45) is 0 Å². The molecule has 0 amide bonds. The van der Waals surface area contributed by atoms with E-state index in [-0.39, 0.29) is 11.9 Å². The number of hydrogen-bond donors (Lipinski definition) is 1.